The van der Waals surface area contributed by atoms with Crippen LogP contribution in [0.2, 0.25) is 0 Å². The number of hydrogen-bond donors (Lipinski definition) is 3. The lowest BCUT2D eigenvalue weighted by Crippen LogP contribution is -2.32. The van der Waals surface area contributed by atoms with E-state index in [1.54, 1.807) is 43.6 Å². The van der Waals surface area contributed by atoms with Gasteiger partial charge in [-0.05, 0) is 37.3 Å². The molecule has 3 aromatic rings. The monoisotopic (exact) mass is 607 g/mol. The normalized spacial score (nSPS) is 17.1. The van der Waals surface area contributed by atoms with Crippen molar-refractivity contribution in [3.8, 4) is 16.9 Å². The van der Waals surface area contributed by atoms with Crippen LogP contribution in [-0.2, 0) is 14.6 Å². The van der Waals surface area contributed by atoms with Gasteiger partial charge in [-0.2, -0.15) is 0 Å². The summed E-state index contributed by atoms with van der Waals surface area (Å²) in [4.78, 5) is 43.7. The average molecular weight is 608 g/mol. The summed E-state index contributed by atoms with van der Waals surface area (Å²) in [5, 5.41) is 16.5. The van der Waals surface area contributed by atoms with Crippen molar-refractivity contribution in [1.82, 2.24) is 25.4 Å². The Kier molecular flexibility index (Phi) is 8.57. The molecule has 0 radical (unpaired) electrons. The van der Waals surface area contributed by atoms with Gasteiger partial charge in [0.15, 0.2) is 21.3 Å². The molecule has 3 amide bonds. The van der Waals surface area contributed by atoms with E-state index in [9.17, 15) is 22.8 Å². The number of nitrogens with one attached hydrogen (secondary N) is 3. The first kappa shape index (κ1) is 29.9. The molecule has 1 aromatic carbocycles. The van der Waals surface area contributed by atoms with E-state index in [-0.39, 0.29) is 52.4 Å². The van der Waals surface area contributed by atoms with Crippen molar-refractivity contribution < 1.29 is 27.5 Å². The molecule has 5 rings (SSSR count). The van der Waals surface area contributed by atoms with Gasteiger partial charge < -0.3 is 25.6 Å². The Labute approximate surface area is 249 Å². The number of methoxy groups -OCH3 is 1. The first-order valence-electron chi connectivity index (χ1n) is 13.9. The van der Waals surface area contributed by atoms with Crippen LogP contribution in [-0.4, -0.2) is 85.5 Å². The van der Waals surface area contributed by atoms with Crippen LogP contribution < -0.4 is 20.7 Å². The predicted molar refractivity (Wildman–Crippen MR) is 160 cm³/mol. The smallest absolute Gasteiger partial charge is 0.273 e. The Hall–Kier alpha value is -4.59. The van der Waals surface area contributed by atoms with E-state index in [0.29, 0.717) is 41.2 Å². The fourth-order valence-electron chi connectivity index (χ4n) is 5.00. The number of ether oxygens (including phenoxy) is 1. The molecule has 13 nitrogen and oxygen atoms in total. The number of nitrogens with zero attached hydrogens (tertiary/aromatic N) is 4. The largest absolute Gasteiger partial charge is 0.494 e. The second-order valence-corrected chi connectivity index (χ2v) is 13.0. The Bertz CT molecular complexity index is 1660. The summed E-state index contributed by atoms with van der Waals surface area (Å²) in [7, 11) is 1.61. The van der Waals surface area contributed by atoms with Gasteiger partial charge in [0.25, 0.3) is 11.8 Å². The van der Waals surface area contributed by atoms with Crippen molar-refractivity contribution in [3.63, 3.8) is 0 Å². The maximum atomic E-state index is 13.0. The fraction of sp³-hybridized carbons (Fsp3) is 0.379. The summed E-state index contributed by atoms with van der Waals surface area (Å²) in [6, 6.07) is 10.3. The molecular formula is C29H33N7O6S. The van der Waals surface area contributed by atoms with Crippen molar-refractivity contribution >= 4 is 44.8 Å². The molecule has 1 saturated carbocycles. The molecule has 1 atom stereocenters. The summed E-state index contributed by atoms with van der Waals surface area (Å²) in [6.07, 6.45) is 3.78. The highest BCUT2D eigenvalue weighted by Crippen LogP contribution is 2.38. The zero-order valence-electron chi connectivity index (χ0n) is 24.1. The quantitative estimate of drug-likeness (QED) is 0.311. The molecule has 43 heavy (non-hydrogen) atoms. The lowest BCUT2D eigenvalue weighted by atomic mass is 10.0. The maximum Gasteiger partial charge on any atom is 0.273 e. The second kappa shape index (κ2) is 12.3. The Morgan fingerprint density at radius 1 is 1.07 bits per heavy atom. The molecule has 226 valence electrons. The summed E-state index contributed by atoms with van der Waals surface area (Å²) in [5.74, 6) is -0.0951. The van der Waals surface area contributed by atoms with Crippen molar-refractivity contribution in [1.29, 1.82) is 0 Å². The Balaban J connectivity index is 1.37. The van der Waals surface area contributed by atoms with Gasteiger partial charge >= 0.3 is 0 Å². The van der Waals surface area contributed by atoms with Gasteiger partial charge in [0.05, 0.1) is 30.0 Å². The number of rotatable bonds is 10. The number of amides is 3. The van der Waals surface area contributed by atoms with Crippen LogP contribution in [0.4, 0.5) is 17.2 Å². The Morgan fingerprint density at radius 3 is 2.49 bits per heavy atom. The molecule has 2 aliphatic rings. The zero-order valence-corrected chi connectivity index (χ0v) is 24.9. The zero-order chi connectivity index (χ0) is 30.7. The van der Waals surface area contributed by atoms with E-state index in [0.717, 1.165) is 12.8 Å². The van der Waals surface area contributed by atoms with E-state index in [2.05, 4.69) is 31.1 Å². The molecule has 1 saturated heterocycles. The lowest BCUT2D eigenvalue weighted by Gasteiger charge is -2.20. The number of benzene rings is 1. The van der Waals surface area contributed by atoms with Gasteiger partial charge in [-0.15, -0.1) is 10.2 Å². The number of hydrogen-bond acceptors (Lipinski definition) is 10. The minimum Gasteiger partial charge on any atom is -0.494 e. The van der Waals surface area contributed by atoms with E-state index in [1.165, 1.54) is 19.1 Å². The topological polar surface area (TPSA) is 173 Å². The van der Waals surface area contributed by atoms with Crippen LogP contribution in [0.1, 0.15) is 40.2 Å². The number of sulfone groups is 1. The molecule has 14 heteroatoms. The molecule has 0 spiro atoms. The molecule has 1 aliphatic carbocycles. The fourth-order valence-corrected chi connectivity index (χ4v) is 6.85. The van der Waals surface area contributed by atoms with Crippen LogP contribution in [0.25, 0.3) is 11.1 Å². The number of aromatic nitrogens is 3. The highest BCUT2D eigenvalue weighted by molar-refractivity contribution is 7.91. The van der Waals surface area contributed by atoms with Gasteiger partial charge in [0.2, 0.25) is 5.91 Å². The summed E-state index contributed by atoms with van der Waals surface area (Å²) < 4.78 is 29.3. The first-order valence-corrected chi connectivity index (χ1v) is 15.7. The third kappa shape index (κ3) is 6.91. The number of pyridine rings is 1. The summed E-state index contributed by atoms with van der Waals surface area (Å²) in [5.41, 5.74) is 2.45. The molecule has 2 fully saturated rings. The second-order valence-electron chi connectivity index (χ2n) is 10.7. The summed E-state index contributed by atoms with van der Waals surface area (Å²) >= 11 is 0. The van der Waals surface area contributed by atoms with E-state index in [1.807, 2.05) is 6.07 Å². The molecule has 0 bridgehead atoms. The lowest BCUT2D eigenvalue weighted by molar-refractivity contribution is -0.117. The number of anilines is 3. The van der Waals surface area contributed by atoms with E-state index < -0.39 is 15.7 Å². The maximum absolute atomic E-state index is 13.0. The molecule has 2 aromatic heterocycles. The number of carbonyl (C=O) groups excluding carboxylic acids is 3. The highest BCUT2D eigenvalue weighted by Gasteiger charge is 2.31. The minimum atomic E-state index is -3.03. The Morgan fingerprint density at radius 2 is 1.86 bits per heavy atom. The third-order valence-corrected chi connectivity index (χ3v) is 9.26. The van der Waals surface area contributed by atoms with Gasteiger partial charge in [-0.3, -0.25) is 19.4 Å². The van der Waals surface area contributed by atoms with Crippen molar-refractivity contribution in [2.45, 2.75) is 19.3 Å². The van der Waals surface area contributed by atoms with Crippen molar-refractivity contribution in [3.05, 3.63) is 54.0 Å². The first-order chi connectivity index (χ1) is 20.6. The molecule has 3 N–H and O–H groups in total. The van der Waals surface area contributed by atoms with Crippen molar-refractivity contribution in [2.24, 2.45) is 11.8 Å². The number of carbonyl (C=O) groups is 3. The van der Waals surface area contributed by atoms with Crippen LogP contribution >= 0.6 is 0 Å². The standard InChI is InChI=1S/C29H33N7O6S/c1-30-28(38)25-23(13-24(34-35-25)33-27(37)18-7-8-18)32-21-6-4-5-20(26(21)42-3)19-9-10-22(31-14-19)29(39)36(2)15-17-11-12-43(40,41)16-17/h4-6,9-10,13-14,17-18H,7-8,11-12,15-16H2,1-3H3,(H,30,38)(H2,32,33,34,37)/t17-/m1/s1. The van der Waals surface area contributed by atoms with Crippen LogP contribution in [0.15, 0.2) is 42.6 Å². The third-order valence-electron chi connectivity index (χ3n) is 7.42. The SMILES string of the molecule is CNC(=O)c1nnc(NC(=O)C2CC2)cc1Nc1cccc(-c2ccc(C(=O)N(C)C[C@H]3CCS(=O)(=O)C3)nc2)c1OC. The number of para-hydroxylation sites is 1. The highest BCUT2D eigenvalue weighted by atomic mass is 32.2. The van der Waals surface area contributed by atoms with Crippen LogP contribution in [0.3, 0.4) is 0 Å². The molecular weight excluding hydrogens is 574 g/mol. The average Bonchev–Trinajstić information content (AvgIpc) is 3.80. The van der Waals surface area contributed by atoms with Gasteiger partial charge in [-0.25, -0.2) is 8.42 Å². The van der Waals surface area contributed by atoms with E-state index >= 15 is 0 Å². The molecule has 0 unspecified atom stereocenters. The molecule has 3 heterocycles. The van der Waals surface area contributed by atoms with Gasteiger partial charge in [0.1, 0.15) is 11.4 Å². The summed E-state index contributed by atoms with van der Waals surface area (Å²) in [6.45, 7) is 0.344. The van der Waals surface area contributed by atoms with Crippen LogP contribution in [0.5, 0.6) is 5.75 Å². The van der Waals surface area contributed by atoms with Crippen molar-refractivity contribution in [2.75, 3.05) is 49.9 Å². The molecule has 1 aliphatic heterocycles. The van der Waals surface area contributed by atoms with Gasteiger partial charge in [0, 0.05) is 49.9 Å². The predicted octanol–water partition coefficient (Wildman–Crippen LogP) is 2.51. The van der Waals surface area contributed by atoms with Crippen LogP contribution in [0, 0.1) is 11.8 Å². The van der Waals surface area contributed by atoms with Gasteiger partial charge in [-0.1, -0.05) is 18.2 Å². The van der Waals surface area contributed by atoms with E-state index in [4.69, 9.17) is 4.74 Å². The minimum absolute atomic E-state index is 0.0308.